The molecule has 1 aliphatic rings. The van der Waals surface area contributed by atoms with Crippen LogP contribution < -0.4 is 10.1 Å². The SMILES string of the molecule is CC(C)c1ccccc1OCC(=O)N(Cc1ccccc1)[C@H](Cc1ccccc1)C(=O)NC1CCCC1. The first kappa shape index (κ1) is 26.5. The summed E-state index contributed by atoms with van der Waals surface area (Å²) in [7, 11) is 0. The zero-order chi connectivity index (χ0) is 26.0. The summed E-state index contributed by atoms with van der Waals surface area (Å²) >= 11 is 0. The number of nitrogens with one attached hydrogen (secondary N) is 1. The van der Waals surface area contributed by atoms with Crippen molar-refractivity contribution in [2.24, 2.45) is 0 Å². The summed E-state index contributed by atoms with van der Waals surface area (Å²) in [6.07, 6.45) is 4.69. The van der Waals surface area contributed by atoms with E-state index < -0.39 is 6.04 Å². The maximum Gasteiger partial charge on any atom is 0.261 e. The Balaban J connectivity index is 1.60. The van der Waals surface area contributed by atoms with E-state index in [1.165, 1.54) is 0 Å². The van der Waals surface area contributed by atoms with Crippen LogP contribution in [0.15, 0.2) is 84.9 Å². The van der Waals surface area contributed by atoms with Gasteiger partial charge < -0.3 is 15.0 Å². The van der Waals surface area contributed by atoms with Crippen LogP contribution in [0, 0.1) is 0 Å². The molecule has 5 nitrogen and oxygen atoms in total. The molecule has 1 N–H and O–H groups in total. The van der Waals surface area contributed by atoms with Gasteiger partial charge in [0, 0.05) is 19.0 Å². The van der Waals surface area contributed by atoms with E-state index in [-0.39, 0.29) is 30.4 Å². The zero-order valence-electron chi connectivity index (χ0n) is 21.9. The van der Waals surface area contributed by atoms with Crippen LogP contribution in [0.25, 0.3) is 0 Å². The molecule has 0 heterocycles. The van der Waals surface area contributed by atoms with Crippen molar-refractivity contribution in [3.05, 3.63) is 102 Å². The minimum atomic E-state index is -0.639. The molecule has 1 fully saturated rings. The lowest BCUT2D eigenvalue weighted by Gasteiger charge is -2.32. The van der Waals surface area contributed by atoms with Crippen LogP contribution in [0.5, 0.6) is 5.75 Å². The van der Waals surface area contributed by atoms with Gasteiger partial charge >= 0.3 is 0 Å². The van der Waals surface area contributed by atoms with E-state index >= 15 is 0 Å². The second-order valence-corrected chi connectivity index (χ2v) is 10.2. The second kappa shape index (κ2) is 13.1. The highest BCUT2D eigenvalue weighted by Gasteiger charge is 2.32. The standard InChI is InChI=1S/C32H38N2O3/c1-24(2)28-19-11-12-20-30(28)37-23-31(35)34(22-26-15-7-4-8-16-26)29(21-25-13-5-3-6-14-25)32(36)33-27-17-9-10-18-27/h3-8,11-16,19-20,24,27,29H,9-10,17-18,21-23H2,1-2H3,(H,33,36)/t29-/m1/s1. The molecule has 1 atom stereocenters. The van der Waals surface area contributed by atoms with Crippen molar-refractivity contribution in [1.82, 2.24) is 10.2 Å². The summed E-state index contributed by atoms with van der Waals surface area (Å²) in [4.78, 5) is 29.2. The topological polar surface area (TPSA) is 58.6 Å². The Labute approximate surface area is 220 Å². The lowest BCUT2D eigenvalue weighted by Crippen LogP contribution is -2.53. The monoisotopic (exact) mass is 498 g/mol. The molecule has 0 radical (unpaired) electrons. The highest BCUT2D eigenvalue weighted by atomic mass is 16.5. The Bertz CT molecular complexity index is 1140. The van der Waals surface area contributed by atoms with Gasteiger partial charge in [-0.2, -0.15) is 0 Å². The fraction of sp³-hybridized carbons (Fsp3) is 0.375. The first-order valence-corrected chi connectivity index (χ1v) is 13.4. The van der Waals surface area contributed by atoms with Gasteiger partial charge in [-0.15, -0.1) is 0 Å². The Morgan fingerprint density at radius 1 is 0.865 bits per heavy atom. The van der Waals surface area contributed by atoms with Gasteiger partial charge in [0.2, 0.25) is 5.91 Å². The quantitative estimate of drug-likeness (QED) is 0.359. The number of carbonyl (C=O) groups is 2. The normalized spacial score (nSPS) is 14.4. The van der Waals surface area contributed by atoms with Gasteiger partial charge in [-0.25, -0.2) is 0 Å². The number of hydrogen-bond donors (Lipinski definition) is 1. The molecular formula is C32H38N2O3. The van der Waals surface area contributed by atoms with Crippen molar-refractivity contribution >= 4 is 11.8 Å². The average Bonchev–Trinajstić information content (AvgIpc) is 3.43. The van der Waals surface area contributed by atoms with Crippen LogP contribution in [-0.2, 0) is 22.6 Å². The summed E-state index contributed by atoms with van der Waals surface area (Å²) in [5.74, 6) is 0.683. The summed E-state index contributed by atoms with van der Waals surface area (Å²) in [5.41, 5.74) is 3.06. The molecule has 5 heteroatoms. The van der Waals surface area contributed by atoms with E-state index in [1.54, 1.807) is 4.90 Å². The molecule has 0 unspecified atom stereocenters. The third kappa shape index (κ3) is 7.45. The van der Waals surface area contributed by atoms with E-state index in [0.29, 0.717) is 18.7 Å². The van der Waals surface area contributed by atoms with Crippen molar-refractivity contribution in [2.75, 3.05) is 6.61 Å². The molecule has 2 amide bonds. The molecular weight excluding hydrogens is 460 g/mol. The molecule has 37 heavy (non-hydrogen) atoms. The highest BCUT2D eigenvalue weighted by Crippen LogP contribution is 2.26. The maximum atomic E-state index is 13.8. The highest BCUT2D eigenvalue weighted by molar-refractivity contribution is 5.88. The number of ether oxygens (including phenoxy) is 1. The predicted molar refractivity (Wildman–Crippen MR) is 147 cm³/mol. The van der Waals surface area contributed by atoms with E-state index in [0.717, 1.165) is 42.4 Å². The van der Waals surface area contributed by atoms with Gasteiger partial charge in [0.05, 0.1) is 0 Å². The Morgan fingerprint density at radius 2 is 1.46 bits per heavy atom. The Hall–Kier alpha value is -3.60. The second-order valence-electron chi connectivity index (χ2n) is 10.2. The molecule has 4 rings (SSSR count). The first-order chi connectivity index (χ1) is 18.0. The van der Waals surface area contributed by atoms with E-state index in [1.807, 2.05) is 84.9 Å². The molecule has 3 aromatic carbocycles. The van der Waals surface area contributed by atoms with Gasteiger partial charge in [-0.05, 0) is 41.5 Å². The number of amides is 2. The zero-order valence-corrected chi connectivity index (χ0v) is 21.9. The molecule has 0 bridgehead atoms. The van der Waals surface area contributed by atoms with Gasteiger partial charge in [0.1, 0.15) is 11.8 Å². The first-order valence-electron chi connectivity index (χ1n) is 13.4. The number of para-hydroxylation sites is 1. The van der Waals surface area contributed by atoms with Crippen LogP contribution in [-0.4, -0.2) is 35.4 Å². The summed E-state index contributed by atoms with van der Waals surface area (Å²) < 4.78 is 6.07. The lowest BCUT2D eigenvalue weighted by atomic mass is 10.0. The minimum absolute atomic E-state index is 0.0948. The van der Waals surface area contributed by atoms with Gasteiger partial charge in [0.15, 0.2) is 6.61 Å². The predicted octanol–water partition coefficient (Wildman–Crippen LogP) is 5.89. The lowest BCUT2D eigenvalue weighted by molar-refractivity contribution is -0.143. The van der Waals surface area contributed by atoms with Gasteiger partial charge in [-0.1, -0.05) is 106 Å². The van der Waals surface area contributed by atoms with Crippen LogP contribution in [0.4, 0.5) is 0 Å². The summed E-state index contributed by atoms with van der Waals surface area (Å²) in [6, 6.07) is 27.1. The van der Waals surface area contributed by atoms with Crippen molar-refractivity contribution in [3.63, 3.8) is 0 Å². The van der Waals surface area contributed by atoms with Crippen LogP contribution >= 0.6 is 0 Å². The van der Waals surface area contributed by atoms with E-state index in [2.05, 4.69) is 19.2 Å². The summed E-state index contributed by atoms with van der Waals surface area (Å²) in [6.45, 7) is 4.42. The third-order valence-electron chi connectivity index (χ3n) is 7.06. The fourth-order valence-electron chi connectivity index (χ4n) is 5.01. The molecule has 0 spiro atoms. The van der Waals surface area contributed by atoms with Crippen molar-refractivity contribution in [1.29, 1.82) is 0 Å². The van der Waals surface area contributed by atoms with E-state index in [9.17, 15) is 9.59 Å². The van der Waals surface area contributed by atoms with Gasteiger partial charge in [0.25, 0.3) is 5.91 Å². The third-order valence-corrected chi connectivity index (χ3v) is 7.06. The van der Waals surface area contributed by atoms with Crippen LogP contribution in [0.2, 0.25) is 0 Å². The Morgan fingerprint density at radius 3 is 2.11 bits per heavy atom. The molecule has 1 aliphatic carbocycles. The Kier molecular flexibility index (Phi) is 9.36. The molecule has 0 aliphatic heterocycles. The van der Waals surface area contributed by atoms with Crippen molar-refractivity contribution in [3.8, 4) is 5.75 Å². The van der Waals surface area contributed by atoms with Crippen molar-refractivity contribution < 1.29 is 14.3 Å². The maximum absolute atomic E-state index is 13.8. The molecule has 3 aromatic rings. The van der Waals surface area contributed by atoms with Gasteiger partial charge in [-0.3, -0.25) is 9.59 Å². The number of hydrogen-bond acceptors (Lipinski definition) is 3. The van der Waals surface area contributed by atoms with E-state index in [4.69, 9.17) is 4.74 Å². The summed E-state index contributed by atoms with van der Waals surface area (Å²) in [5, 5.41) is 3.24. The number of nitrogens with zero attached hydrogens (tertiary/aromatic N) is 1. The fourth-order valence-corrected chi connectivity index (χ4v) is 5.01. The average molecular weight is 499 g/mol. The van der Waals surface area contributed by atoms with Crippen LogP contribution in [0.3, 0.4) is 0 Å². The molecule has 194 valence electrons. The number of benzene rings is 3. The number of carbonyl (C=O) groups excluding carboxylic acids is 2. The smallest absolute Gasteiger partial charge is 0.261 e. The van der Waals surface area contributed by atoms with Crippen LogP contribution in [0.1, 0.15) is 62.1 Å². The molecule has 0 saturated heterocycles. The largest absolute Gasteiger partial charge is 0.483 e. The minimum Gasteiger partial charge on any atom is -0.483 e. The number of rotatable bonds is 11. The molecule has 0 aromatic heterocycles. The van der Waals surface area contributed by atoms with Crippen molar-refractivity contribution in [2.45, 2.75) is 70.5 Å². The molecule has 1 saturated carbocycles.